The molecule has 0 bridgehead atoms. The quantitative estimate of drug-likeness (QED) is 0.740. The number of ether oxygens (including phenoxy) is 2. The first kappa shape index (κ1) is 17.4. The number of methoxy groups -OCH3 is 1. The van der Waals surface area contributed by atoms with Crippen molar-refractivity contribution in [3.05, 3.63) is 36.0 Å². The van der Waals surface area contributed by atoms with Gasteiger partial charge in [-0.2, -0.15) is 10.1 Å². The number of hydrogen-bond donors (Lipinski definition) is 2. The Hall–Kier alpha value is -2.45. The molecule has 3 rings (SSSR count). The molecule has 2 heterocycles. The van der Waals surface area contributed by atoms with Gasteiger partial charge in [-0.15, -0.1) is 5.10 Å². The average Bonchev–Trinajstić information content (AvgIpc) is 2.68. The molecule has 0 amide bonds. The maximum atomic E-state index is 5.35. The standard InChI is InChI=1S/C17H24N6O2/c1-24-15-5-3-2-4-14(15)12-19-17-21-16(13-20-22-17)18-6-7-23-8-10-25-11-9-23/h2-5,13H,6-12H2,1H3,(H2,18,19,21,22). The summed E-state index contributed by atoms with van der Waals surface area (Å²) in [6.07, 6.45) is 1.63. The highest BCUT2D eigenvalue weighted by atomic mass is 16.5. The second-order valence-corrected chi connectivity index (χ2v) is 5.71. The van der Waals surface area contributed by atoms with Crippen molar-refractivity contribution in [3.8, 4) is 5.75 Å². The largest absolute Gasteiger partial charge is 0.496 e. The molecule has 0 radical (unpaired) electrons. The third kappa shape index (κ3) is 5.27. The van der Waals surface area contributed by atoms with Crippen LogP contribution >= 0.6 is 0 Å². The molecule has 1 aromatic carbocycles. The predicted molar refractivity (Wildman–Crippen MR) is 95.9 cm³/mol. The average molecular weight is 344 g/mol. The highest BCUT2D eigenvalue weighted by Gasteiger charge is 2.09. The number of morpholine rings is 1. The molecule has 1 aromatic heterocycles. The molecular weight excluding hydrogens is 320 g/mol. The smallest absolute Gasteiger partial charge is 0.244 e. The van der Waals surface area contributed by atoms with Crippen LogP contribution in [0.5, 0.6) is 5.75 Å². The fourth-order valence-electron chi connectivity index (χ4n) is 2.65. The van der Waals surface area contributed by atoms with Crippen LogP contribution in [-0.2, 0) is 11.3 Å². The van der Waals surface area contributed by atoms with Gasteiger partial charge in [0.1, 0.15) is 5.75 Å². The summed E-state index contributed by atoms with van der Waals surface area (Å²) in [4.78, 5) is 6.81. The van der Waals surface area contributed by atoms with E-state index in [9.17, 15) is 0 Å². The minimum absolute atomic E-state index is 0.488. The summed E-state index contributed by atoms with van der Waals surface area (Å²) in [5.74, 6) is 2.04. The van der Waals surface area contributed by atoms with Gasteiger partial charge in [0.15, 0.2) is 5.82 Å². The van der Waals surface area contributed by atoms with Gasteiger partial charge in [-0.3, -0.25) is 4.90 Å². The Labute approximate surface area is 147 Å². The van der Waals surface area contributed by atoms with Gasteiger partial charge < -0.3 is 20.1 Å². The van der Waals surface area contributed by atoms with E-state index in [-0.39, 0.29) is 0 Å². The van der Waals surface area contributed by atoms with Gasteiger partial charge in [0, 0.05) is 38.3 Å². The minimum Gasteiger partial charge on any atom is -0.496 e. The lowest BCUT2D eigenvalue weighted by Crippen LogP contribution is -2.39. The predicted octanol–water partition coefficient (Wildman–Crippen LogP) is 1.24. The molecule has 0 saturated carbocycles. The minimum atomic E-state index is 0.488. The van der Waals surface area contributed by atoms with Crippen LogP contribution in [0.15, 0.2) is 30.5 Å². The lowest BCUT2D eigenvalue weighted by molar-refractivity contribution is 0.0398. The van der Waals surface area contributed by atoms with Crippen LogP contribution in [0.3, 0.4) is 0 Å². The molecule has 8 nitrogen and oxygen atoms in total. The van der Waals surface area contributed by atoms with E-state index in [0.29, 0.717) is 18.3 Å². The first-order valence-corrected chi connectivity index (χ1v) is 8.44. The van der Waals surface area contributed by atoms with Crippen molar-refractivity contribution in [3.63, 3.8) is 0 Å². The number of hydrogen-bond acceptors (Lipinski definition) is 8. The molecule has 0 unspecified atom stereocenters. The Balaban J connectivity index is 1.49. The van der Waals surface area contributed by atoms with Crippen LogP contribution in [0.25, 0.3) is 0 Å². The molecule has 0 spiro atoms. The van der Waals surface area contributed by atoms with E-state index in [2.05, 4.69) is 30.7 Å². The van der Waals surface area contributed by atoms with Crippen LogP contribution in [0, 0.1) is 0 Å². The van der Waals surface area contributed by atoms with Crippen LogP contribution in [-0.4, -0.2) is 66.6 Å². The SMILES string of the molecule is COc1ccccc1CNc1nncc(NCCN2CCOCC2)n1. The summed E-state index contributed by atoms with van der Waals surface area (Å²) in [7, 11) is 1.66. The zero-order valence-corrected chi connectivity index (χ0v) is 14.4. The van der Waals surface area contributed by atoms with E-state index in [4.69, 9.17) is 9.47 Å². The molecule has 8 heteroatoms. The third-order valence-electron chi connectivity index (χ3n) is 4.03. The summed E-state index contributed by atoms with van der Waals surface area (Å²) < 4.78 is 10.7. The zero-order chi connectivity index (χ0) is 17.3. The summed E-state index contributed by atoms with van der Waals surface area (Å²) in [6.45, 7) is 5.92. The van der Waals surface area contributed by atoms with E-state index in [1.54, 1.807) is 13.3 Å². The second kappa shape index (κ2) is 9.14. The van der Waals surface area contributed by atoms with Gasteiger partial charge >= 0.3 is 0 Å². The Morgan fingerprint density at radius 2 is 2.04 bits per heavy atom. The number of aromatic nitrogens is 3. The lowest BCUT2D eigenvalue weighted by atomic mass is 10.2. The van der Waals surface area contributed by atoms with Gasteiger partial charge in [0.2, 0.25) is 5.95 Å². The molecule has 1 fully saturated rings. The van der Waals surface area contributed by atoms with E-state index < -0.39 is 0 Å². The number of nitrogens with zero attached hydrogens (tertiary/aromatic N) is 4. The first-order chi connectivity index (χ1) is 12.3. The normalized spacial score (nSPS) is 14.9. The third-order valence-corrected chi connectivity index (χ3v) is 4.03. The Morgan fingerprint density at radius 3 is 2.88 bits per heavy atom. The molecular formula is C17H24N6O2. The van der Waals surface area contributed by atoms with Crippen LogP contribution in [0.2, 0.25) is 0 Å². The maximum Gasteiger partial charge on any atom is 0.244 e. The highest BCUT2D eigenvalue weighted by Crippen LogP contribution is 2.18. The van der Waals surface area contributed by atoms with Crippen molar-refractivity contribution >= 4 is 11.8 Å². The summed E-state index contributed by atoms with van der Waals surface area (Å²) >= 11 is 0. The fourth-order valence-corrected chi connectivity index (χ4v) is 2.65. The molecule has 25 heavy (non-hydrogen) atoms. The van der Waals surface area contributed by atoms with Crippen molar-refractivity contribution in [2.45, 2.75) is 6.54 Å². The zero-order valence-electron chi connectivity index (χ0n) is 14.4. The van der Waals surface area contributed by atoms with Crippen LogP contribution in [0.4, 0.5) is 11.8 Å². The van der Waals surface area contributed by atoms with Gasteiger partial charge in [-0.1, -0.05) is 18.2 Å². The van der Waals surface area contributed by atoms with E-state index in [1.165, 1.54) is 0 Å². The summed E-state index contributed by atoms with van der Waals surface area (Å²) in [5.41, 5.74) is 1.04. The number of nitrogens with one attached hydrogen (secondary N) is 2. The van der Waals surface area contributed by atoms with Crippen molar-refractivity contribution < 1.29 is 9.47 Å². The molecule has 0 aliphatic carbocycles. The maximum absolute atomic E-state index is 5.35. The number of anilines is 2. The molecule has 1 aliphatic rings. The second-order valence-electron chi connectivity index (χ2n) is 5.71. The van der Waals surface area contributed by atoms with Crippen molar-refractivity contribution in [2.75, 3.05) is 57.1 Å². The van der Waals surface area contributed by atoms with Crippen molar-refractivity contribution in [1.82, 2.24) is 20.1 Å². The molecule has 2 N–H and O–H groups in total. The lowest BCUT2D eigenvalue weighted by Gasteiger charge is -2.26. The fraction of sp³-hybridized carbons (Fsp3) is 0.471. The summed E-state index contributed by atoms with van der Waals surface area (Å²) in [6, 6.07) is 7.85. The summed E-state index contributed by atoms with van der Waals surface area (Å²) in [5, 5.41) is 14.5. The van der Waals surface area contributed by atoms with Gasteiger partial charge in [0.05, 0.1) is 26.5 Å². The molecule has 0 atom stereocenters. The van der Waals surface area contributed by atoms with Crippen molar-refractivity contribution in [1.29, 1.82) is 0 Å². The van der Waals surface area contributed by atoms with E-state index in [1.807, 2.05) is 24.3 Å². The topological polar surface area (TPSA) is 84.4 Å². The number of para-hydroxylation sites is 1. The van der Waals surface area contributed by atoms with Crippen LogP contribution < -0.4 is 15.4 Å². The van der Waals surface area contributed by atoms with Gasteiger partial charge in [-0.25, -0.2) is 0 Å². The Kier molecular flexibility index (Phi) is 6.35. The molecule has 2 aromatic rings. The van der Waals surface area contributed by atoms with Gasteiger partial charge in [-0.05, 0) is 6.07 Å². The number of benzene rings is 1. The molecule has 1 saturated heterocycles. The monoisotopic (exact) mass is 344 g/mol. The molecule has 134 valence electrons. The number of rotatable bonds is 8. The Bertz CT molecular complexity index is 663. The highest BCUT2D eigenvalue weighted by molar-refractivity contribution is 5.40. The Morgan fingerprint density at radius 1 is 1.20 bits per heavy atom. The van der Waals surface area contributed by atoms with E-state index >= 15 is 0 Å². The van der Waals surface area contributed by atoms with Crippen molar-refractivity contribution in [2.24, 2.45) is 0 Å². The van der Waals surface area contributed by atoms with E-state index in [0.717, 1.165) is 50.7 Å². The van der Waals surface area contributed by atoms with Crippen LogP contribution in [0.1, 0.15) is 5.56 Å². The molecule has 1 aliphatic heterocycles. The first-order valence-electron chi connectivity index (χ1n) is 8.44. The van der Waals surface area contributed by atoms with Gasteiger partial charge in [0.25, 0.3) is 0 Å².